The fraction of sp³-hybridized carbons (Fsp3) is 0.727. The minimum absolute atomic E-state index is 0.0693. The van der Waals surface area contributed by atoms with Crippen molar-refractivity contribution in [2.24, 2.45) is 0 Å². The van der Waals surface area contributed by atoms with Crippen LogP contribution < -0.4 is 10.0 Å². The molecule has 2 N–H and O–H groups in total. The van der Waals surface area contributed by atoms with E-state index in [1.807, 2.05) is 20.8 Å². The Hall–Kier alpha value is -1.08. The summed E-state index contributed by atoms with van der Waals surface area (Å²) in [5.74, 6) is 0.0693. The van der Waals surface area contributed by atoms with Crippen molar-refractivity contribution in [3.8, 4) is 0 Å². The molecule has 0 unspecified atom stereocenters. The molecule has 0 fully saturated rings. The molecule has 1 heterocycles. The molecule has 0 saturated carbocycles. The summed E-state index contributed by atoms with van der Waals surface area (Å²) in [4.78, 5) is 0. The number of nitrogens with zero attached hydrogens (tertiary/aromatic N) is 2. The molecule has 0 aliphatic rings. The van der Waals surface area contributed by atoms with Crippen LogP contribution >= 0.6 is 0 Å². The van der Waals surface area contributed by atoms with Gasteiger partial charge in [0.2, 0.25) is 10.0 Å². The average Bonchev–Trinajstić information content (AvgIpc) is 2.72. The molecule has 0 spiro atoms. The van der Waals surface area contributed by atoms with Gasteiger partial charge in [0, 0.05) is 18.8 Å². The van der Waals surface area contributed by atoms with Crippen LogP contribution in [0.25, 0.3) is 0 Å². The minimum Gasteiger partial charge on any atom is -0.316 e. The van der Waals surface area contributed by atoms with Crippen molar-refractivity contribution in [3.63, 3.8) is 0 Å². The highest BCUT2D eigenvalue weighted by Gasteiger charge is 2.11. The number of sulfonamides is 1. The summed E-state index contributed by atoms with van der Waals surface area (Å²) < 4.78 is 27.7. The molecule has 1 aromatic heterocycles. The van der Waals surface area contributed by atoms with Crippen LogP contribution in [0.15, 0.2) is 12.4 Å². The SMILES string of the molecule is CCCNCCS(=O)(=O)Nc1cnn(C(C)C)c1. The van der Waals surface area contributed by atoms with Gasteiger partial charge in [0.05, 0.1) is 17.6 Å². The zero-order valence-corrected chi connectivity index (χ0v) is 12.0. The first-order valence-electron chi connectivity index (χ1n) is 6.20. The molecule has 1 rings (SSSR count). The van der Waals surface area contributed by atoms with Gasteiger partial charge in [-0.3, -0.25) is 9.40 Å². The van der Waals surface area contributed by atoms with Crippen LogP contribution in [0.2, 0.25) is 0 Å². The van der Waals surface area contributed by atoms with Crippen molar-refractivity contribution in [1.29, 1.82) is 0 Å². The zero-order chi connectivity index (χ0) is 13.6. The van der Waals surface area contributed by atoms with E-state index >= 15 is 0 Å². The minimum atomic E-state index is -3.29. The summed E-state index contributed by atoms with van der Waals surface area (Å²) in [5.41, 5.74) is 0.513. The molecular weight excluding hydrogens is 252 g/mol. The predicted octanol–water partition coefficient (Wildman–Crippen LogP) is 1.21. The van der Waals surface area contributed by atoms with Crippen molar-refractivity contribution in [3.05, 3.63) is 12.4 Å². The molecule has 0 aromatic carbocycles. The highest BCUT2D eigenvalue weighted by molar-refractivity contribution is 7.92. The van der Waals surface area contributed by atoms with E-state index in [1.165, 1.54) is 6.20 Å². The molecule has 0 bridgehead atoms. The molecule has 0 aliphatic carbocycles. The van der Waals surface area contributed by atoms with Crippen LogP contribution in [0.5, 0.6) is 0 Å². The van der Waals surface area contributed by atoms with Crippen molar-refractivity contribution in [2.75, 3.05) is 23.6 Å². The van der Waals surface area contributed by atoms with E-state index in [0.717, 1.165) is 13.0 Å². The normalized spacial score (nSPS) is 12.0. The maximum atomic E-state index is 11.8. The average molecular weight is 274 g/mol. The lowest BCUT2D eigenvalue weighted by Gasteiger charge is -2.07. The summed E-state index contributed by atoms with van der Waals surface area (Å²) in [5, 5.41) is 7.14. The molecule has 0 aliphatic heterocycles. The molecule has 6 nitrogen and oxygen atoms in total. The van der Waals surface area contributed by atoms with E-state index in [4.69, 9.17) is 0 Å². The van der Waals surface area contributed by atoms with Gasteiger partial charge >= 0.3 is 0 Å². The van der Waals surface area contributed by atoms with Crippen LogP contribution in [0.4, 0.5) is 5.69 Å². The van der Waals surface area contributed by atoms with Gasteiger partial charge in [-0.15, -0.1) is 0 Å². The molecule has 104 valence electrons. The number of anilines is 1. The third-order valence-electron chi connectivity index (χ3n) is 2.38. The maximum absolute atomic E-state index is 11.8. The Balaban J connectivity index is 2.48. The number of hydrogen-bond donors (Lipinski definition) is 2. The van der Waals surface area contributed by atoms with Crippen molar-refractivity contribution in [1.82, 2.24) is 15.1 Å². The van der Waals surface area contributed by atoms with Gasteiger partial charge in [0.25, 0.3) is 0 Å². The van der Waals surface area contributed by atoms with Crippen LogP contribution in [-0.4, -0.2) is 37.0 Å². The van der Waals surface area contributed by atoms with Gasteiger partial charge in [0.1, 0.15) is 0 Å². The zero-order valence-electron chi connectivity index (χ0n) is 11.2. The van der Waals surface area contributed by atoms with E-state index in [-0.39, 0.29) is 11.8 Å². The maximum Gasteiger partial charge on any atom is 0.234 e. The third-order valence-corrected chi connectivity index (χ3v) is 3.67. The number of hydrogen-bond acceptors (Lipinski definition) is 4. The Morgan fingerprint density at radius 2 is 2.11 bits per heavy atom. The quantitative estimate of drug-likeness (QED) is 0.699. The van der Waals surface area contributed by atoms with Crippen molar-refractivity contribution >= 4 is 15.7 Å². The summed E-state index contributed by atoms with van der Waals surface area (Å²) in [6.45, 7) is 7.31. The van der Waals surface area contributed by atoms with Gasteiger partial charge < -0.3 is 5.32 Å². The van der Waals surface area contributed by atoms with Crippen molar-refractivity contribution < 1.29 is 8.42 Å². The molecule has 0 radical (unpaired) electrons. The van der Waals surface area contributed by atoms with Gasteiger partial charge in [-0.25, -0.2) is 8.42 Å². The van der Waals surface area contributed by atoms with Crippen LogP contribution in [0, 0.1) is 0 Å². The van der Waals surface area contributed by atoms with Crippen LogP contribution in [0.1, 0.15) is 33.2 Å². The fourth-order valence-corrected chi connectivity index (χ4v) is 2.39. The topological polar surface area (TPSA) is 76.0 Å². The largest absolute Gasteiger partial charge is 0.316 e. The second-order valence-electron chi connectivity index (χ2n) is 4.47. The van der Waals surface area contributed by atoms with E-state index in [1.54, 1.807) is 10.9 Å². The Kier molecular flexibility index (Phi) is 5.61. The van der Waals surface area contributed by atoms with E-state index in [0.29, 0.717) is 12.2 Å². The Morgan fingerprint density at radius 1 is 1.39 bits per heavy atom. The predicted molar refractivity (Wildman–Crippen MR) is 73.2 cm³/mol. The van der Waals surface area contributed by atoms with Gasteiger partial charge in [0.15, 0.2) is 0 Å². The monoisotopic (exact) mass is 274 g/mol. The molecular formula is C11H22N4O2S. The van der Waals surface area contributed by atoms with Crippen molar-refractivity contribution in [2.45, 2.75) is 33.2 Å². The number of rotatable bonds is 8. The first-order valence-corrected chi connectivity index (χ1v) is 7.85. The van der Waals surface area contributed by atoms with Crippen LogP contribution in [0.3, 0.4) is 0 Å². The highest BCUT2D eigenvalue weighted by Crippen LogP contribution is 2.11. The van der Waals surface area contributed by atoms with E-state index < -0.39 is 10.0 Å². The summed E-state index contributed by atoms with van der Waals surface area (Å²) in [7, 11) is -3.29. The summed E-state index contributed by atoms with van der Waals surface area (Å²) in [6.07, 6.45) is 4.22. The molecule has 0 atom stereocenters. The van der Waals surface area contributed by atoms with Gasteiger partial charge in [-0.05, 0) is 26.8 Å². The number of nitrogens with one attached hydrogen (secondary N) is 2. The third kappa shape index (κ3) is 5.05. The summed E-state index contributed by atoms with van der Waals surface area (Å²) in [6, 6.07) is 0.217. The fourth-order valence-electron chi connectivity index (χ4n) is 1.41. The van der Waals surface area contributed by atoms with Gasteiger partial charge in [-0.1, -0.05) is 6.92 Å². The second-order valence-corrected chi connectivity index (χ2v) is 6.32. The van der Waals surface area contributed by atoms with E-state index in [2.05, 4.69) is 15.1 Å². The molecule has 0 saturated heterocycles. The second kappa shape index (κ2) is 6.75. The lowest BCUT2D eigenvalue weighted by Crippen LogP contribution is -2.27. The molecule has 7 heteroatoms. The standard InChI is InChI=1S/C11H22N4O2S/c1-4-5-12-6-7-18(16,17)14-11-8-13-15(9-11)10(2)3/h8-10,12,14H,4-7H2,1-3H3. The van der Waals surface area contributed by atoms with Gasteiger partial charge in [-0.2, -0.15) is 5.10 Å². The lowest BCUT2D eigenvalue weighted by molar-refractivity contribution is 0.532. The molecule has 0 amide bonds. The first-order chi connectivity index (χ1) is 8.44. The molecule has 18 heavy (non-hydrogen) atoms. The summed E-state index contributed by atoms with van der Waals surface area (Å²) >= 11 is 0. The number of aromatic nitrogens is 2. The Labute approximate surface area is 109 Å². The van der Waals surface area contributed by atoms with E-state index in [9.17, 15) is 8.42 Å². The Bertz CT molecular complexity index is 453. The first kappa shape index (κ1) is 15.0. The molecule has 1 aromatic rings. The lowest BCUT2D eigenvalue weighted by atomic mass is 10.4. The Morgan fingerprint density at radius 3 is 2.67 bits per heavy atom. The van der Waals surface area contributed by atoms with Crippen LogP contribution in [-0.2, 0) is 10.0 Å². The highest BCUT2D eigenvalue weighted by atomic mass is 32.2. The smallest absolute Gasteiger partial charge is 0.234 e.